The number of carbonyl (C=O) groups excluding carboxylic acids is 1. The number of benzene rings is 1. The minimum Gasteiger partial charge on any atom is -0.381 e. The van der Waals surface area contributed by atoms with Gasteiger partial charge in [-0.05, 0) is 49.3 Å². The summed E-state index contributed by atoms with van der Waals surface area (Å²) in [5.74, 6) is -0.00645. The molecule has 0 atom stereocenters. The molecule has 2 aromatic rings. The number of aromatic nitrogens is 1. The number of rotatable bonds is 9. The van der Waals surface area contributed by atoms with Crippen LogP contribution in [-0.4, -0.2) is 45.1 Å². The number of nitrogens with one attached hydrogen (secondary N) is 2. The molecule has 2 aliphatic rings. The lowest BCUT2D eigenvalue weighted by Gasteiger charge is -2.22. The van der Waals surface area contributed by atoms with Gasteiger partial charge in [-0.25, -0.2) is 18.1 Å². The Hall–Kier alpha value is -2.02. The van der Waals surface area contributed by atoms with Crippen LogP contribution in [0.1, 0.15) is 79.3 Å². The molecule has 0 unspecified atom stereocenters. The van der Waals surface area contributed by atoms with Crippen LogP contribution < -0.4 is 10.0 Å². The standard InChI is InChI=1S/C26H34F3N3O4S2/c1-2-12-30-38(34,35)22-9-8-18(16-20(22)26(27,28)29)23-21(15-17-6-4-3-5-7-17)32-25(37-23)24(33)31-19-10-13-36-14-11-19/h8-9,16-17,19,30H,2-7,10-15H2,1H3,(H,31,33). The number of hydrogen-bond donors (Lipinski definition) is 2. The molecular weight excluding hydrogens is 539 g/mol. The van der Waals surface area contributed by atoms with Crippen molar-refractivity contribution in [1.29, 1.82) is 0 Å². The van der Waals surface area contributed by atoms with Gasteiger partial charge in [-0.15, -0.1) is 11.3 Å². The third kappa shape index (κ3) is 7.13. The number of halogens is 3. The van der Waals surface area contributed by atoms with Gasteiger partial charge in [-0.2, -0.15) is 13.2 Å². The molecule has 1 aromatic carbocycles. The van der Waals surface area contributed by atoms with E-state index in [1.54, 1.807) is 6.92 Å². The summed E-state index contributed by atoms with van der Waals surface area (Å²) in [6.45, 7) is 2.88. The summed E-state index contributed by atoms with van der Waals surface area (Å²) >= 11 is 1.06. The summed E-state index contributed by atoms with van der Waals surface area (Å²) < 4.78 is 75.1. The minimum absolute atomic E-state index is 0.0351. The molecule has 2 N–H and O–H groups in total. The second-order valence-electron chi connectivity index (χ2n) is 9.97. The zero-order valence-corrected chi connectivity index (χ0v) is 23.0. The van der Waals surface area contributed by atoms with Crippen molar-refractivity contribution >= 4 is 27.3 Å². The van der Waals surface area contributed by atoms with Crippen LogP contribution in [0.15, 0.2) is 23.1 Å². The lowest BCUT2D eigenvalue weighted by Crippen LogP contribution is -2.38. The second-order valence-corrected chi connectivity index (χ2v) is 12.7. The Bertz CT molecular complexity index is 1220. The van der Waals surface area contributed by atoms with Crippen molar-refractivity contribution in [2.75, 3.05) is 19.8 Å². The van der Waals surface area contributed by atoms with Crippen LogP contribution in [0.5, 0.6) is 0 Å². The maximum atomic E-state index is 14.1. The third-order valence-corrected chi connectivity index (χ3v) is 9.70. The lowest BCUT2D eigenvalue weighted by molar-refractivity contribution is -0.139. The van der Waals surface area contributed by atoms with Gasteiger partial charge >= 0.3 is 6.18 Å². The molecule has 0 spiro atoms. The fourth-order valence-corrected chi connectivity index (χ4v) is 7.34. The number of amides is 1. The fourth-order valence-electron chi connectivity index (χ4n) is 5.01. The Labute approximate surface area is 225 Å². The van der Waals surface area contributed by atoms with E-state index in [9.17, 15) is 26.4 Å². The van der Waals surface area contributed by atoms with E-state index in [1.165, 1.54) is 6.07 Å². The minimum atomic E-state index is -4.89. The molecule has 210 valence electrons. The van der Waals surface area contributed by atoms with E-state index >= 15 is 0 Å². The van der Waals surface area contributed by atoms with Crippen LogP contribution in [0.2, 0.25) is 0 Å². The van der Waals surface area contributed by atoms with Crippen molar-refractivity contribution in [3.05, 3.63) is 34.5 Å². The summed E-state index contributed by atoms with van der Waals surface area (Å²) in [6.07, 6.45) is 2.88. The average Bonchev–Trinajstić information content (AvgIpc) is 3.32. The number of carbonyl (C=O) groups is 1. The van der Waals surface area contributed by atoms with Crippen LogP contribution in [0.3, 0.4) is 0 Å². The molecule has 12 heteroatoms. The highest BCUT2D eigenvalue weighted by Gasteiger charge is 2.38. The van der Waals surface area contributed by atoms with E-state index in [2.05, 4.69) is 15.0 Å². The van der Waals surface area contributed by atoms with Gasteiger partial charge in [0.05, 0.1) is 21.0 Å². The van der Waals surface area contributed by atoms with Gasteiger partial charge in [0.2, 0.25) is 10.0 Å². The average molecular weight is 574 g/mol. The number of sulfonamides is 1. The number of alkyl halides is 3. The molecular formula is C26H34F3N3O4S2. The highest BCUT2D eigenvalue weighted by molar-refractivity contribution is 7.89. The molecule has 1 saturated heterocycles. The van der Waals surface area contributed by atoms with Crippen LogP contribution in [0.4, 0.5) is 13.2 Å². The smallest absolute Gasteiger partial charge is 0.381 e. The van der Waals surface area contributed by atoms with Crippen LogP contribution in [0.25, 0.3) is 10.4 Å². The van der Waals surface area contributed by atoms with E-state index in [1.807, 2.05) is 0 Å². The van der Waals surface area contributed by atoms with E-state index < -0.39 is 26.7 Å². The van der Waals surface area contributed by atoms with Gasteiger partial charge in [0.15, 0.2) is 5.01 Å². The fraction of sp³-hybridized carbons (Fsp3) is 0.615. The van der Waals surface area contributed by atoms with Gasteiger partial charge in [0.1, 0.15) is 0 Å². The molecule has 1 aliphatic carbocycles. The Balaban J connectivity index is 1.72. The SMILES string of the molecule is CCCNS(=O)(=O)c1ccc(-c2sc(C(=O)NC3CCOCC3)nc2CC2CCCCC2)cc1C(F)(F)F. The maximum Gasteiger partial charge on any atom is 0.417 e. The van der Waals surface area contributed by atoms with Crippen molar-refractivity contribution in [1.82, 2.24) is 15.0 Å². The van der Waals surface area contributed by atoms with Gasteiger partial charge < -0.3 is 10.1 Å². The van der Waals surface area contributed by atoms with Crippen molar-refractivity contribution in [2.45, 2.75) is 81.8 Å². The van der Waals surface area contributed by atoms with Gasteiger partial charge in [-0.1, -0.05) is 45.1 Å². The lowest BCUT2D eigenvalue weighted by atomic mass is 9.85. The quantitative estimate of drug-likeness (QED) is 0.410. The first-order valence-electron chi connectivity index (χ1n) is 13.2. The molecule has 0 bridgehead atoms. The molecule has 7 nitrogen and oxygen atoms in total. The molecule has 2 heterocycles. The zero-order chi connectivity index (χ0) is 27.3. The van der Waals surface area contributed by atoms with E-state index in [-0.39, 0.29) is 29.1 Å². The third-order valence-electron chi connectivity index (χ3n) is 7.03. The molecule has 1 amide bonds. The van der Waals surface area contributed by atoms with Gasteiger partial charge in [0.25, 0.3) is 5.91 Å². The van der Waals surface area contributed by atoms with Crippen molar-refractivity contribution in [3.63, 3.8) is 0 Å². The molecule has 1 aromatic heterocycles. The topological polar surface area (TPSA) is 97.4 Å². The Morgan fingerprint density at radius 1 is 1.13 bits per heavy atom. The predicted octanol–water partition coefficient (Wildman–Crippen LogP) is 5.55. The summed E-state index contributed by atoms with van der Waals surface area (Å²) in [6, 6.07) is 3.22. The Kier molecular flexibility index (Phi) is 9.49. The number of nitrogens with zero attached hydrogens (tertiary/aromatic N) is 1. The Morgan fingerprint density at radius 2 is 1.84 bits per heavy atom. The van der Waals surface area contributed by atoms with Gasteiger partial charge in [-0.3, -0.25) is 4.79 Å². The highest BCUT2D eigenvalue weighted by atomic mass is 32.2. The van der Waals surface area contributed by atoms with Crippen LogP contribution in [0, 0.1) is 5.92 Å². The van der Waals surface area contributed by atoms with E-state index in [4.69, 9.17) is 4.74 Å². The predicted molar refractivity (Wildman–Crippen MR) is 140 cm³/mol. The highest BCUT2D eigenvalue weighted by Crippen LogP contribution is 2.40. The van der Waals surface area contributed by atoms with E-state index in [0.29, 0.717) is 55.4 Å². The summed E-state index contributed by atoms with van der Waals surface area (Å²) in [5, 5.41) is 3.18. The summed E-state index contributed by atoms with van der Waals surface area (Å²) in [7, 11) is -4.35. The van der Waals surface area contributed by atoms with Crippen molar-refractivity contribution in [2.24, 2.45) is 5.92 Å². The first-order chi connectivity index (χ1) is 18.1. The second kappa shape index (κ2) is 12.4. The summed E-state index contributed by atoms with van der Waals surface area (Å²) in [4.78, 5) is 17.3. The van der Waals surface area contributed by atoms with E-state index in [0.717, 1.165) is 55.6 Å². The molecule has 0 radical (unpaired) electrons. The number of thiazole rings is 1. The molecule has 1 aliphatic heterocycles. The molecule has 1 saturated carbocycles. The first kappa shape index (κ1) is 29.0. The number of ether oxygens (including phenoxy) is 1. The van der Waals surface area contributed by atoms with Crippen molar-refractivity contribution in [3.8, 4) is 10.4 Å². The molecule has 38 heavy (non-hydrogen) atoms. The monoisotopic (exact) mass is 573 g/mol. The molecule has 4 rings (SSSR count). The zero-order valence-electron chi connectivity index (χ0n) is 21.4. The Morgan fingerprint density at radius 3 is 2.50 bits per heavy atom. The normalized spacial score (nSPS) is 18.0. The van der Waals surface area contributed by atoms with Gasteiger partial charge in [0, 0.05) is 25.8 Å². The summed E-state index contributed by atoms with van der Waals surface area (Å²) in [5.41, 5.74) is -0.434. The number of hydrogen-bond acceptors (Lipinski definition) is 6. The molecule has 2 fully saturated rings. The maximum absolute atomic E-state index is 14.1. The van der Waals surface area contributed by atoms with Crippen LogP contribution >= 0.6 is 11.3 Å². The van der Waals surface area contributed by atoms with Crippen molar-refractivity contribution < 1.29 is 31.1 Å². The first-order valence-corrected chi connectivity index (χ1v) is 15.5. The van der Waals surface area contributed by atoms with Crippen LogP contribution in [-0.2, 0) is 27.4 Å². The largest absolute Gasteiger partial charge is 0.417 e.